The van der Waals surface area contributed by atoms with Gasteiger partial charge in [-0.3, -0.25) is 14.5 Å². The standard InChI is InChI=1S/C16H30N2O3/c1-5-8-16(15(20)21)9-11-18(12-10-16)13(4)14(19)17(6-2)7-3/h13H,5-12H2,1-4H3,(H,20,21). The second-order valence-corrected chi connectivity index (χ2v) is 6.06. The first-order chi connectivity index (χ1) is 9.91. The van der Waals surface area contributed by atoms with E-state index in [4.69, 9.17) is 0 Å². The van der Waals surface area contributed by atoms with Gasteiger partial charge in [-0.15, -0.1) is 0 Å². The van der Waals surface area contributed by atoms with Crippen molar-refractivity contribution in [3.05, 3.63) is 0 Å². The Morgan fingerprint density at radius 3 is 2.10 bits per heavy atom. The molecule has 1 rings (SSSR count). The van der Waals surface area contributed by atoms with Crippen LogP contribution in [0.25, 0.3) is 0 Å². The van der Waals surface area contributed by atoms with E-state index < -0.39 is 11.4 Å². The lowest BCUT2D eigenvalue weighted by Gasteiger charge is -2.41. The molecule has 1 heterocycles. The van der Waals surface area contributed by atoms with E-state index >= 15 is 0 Å². The Balaban J connectivity index is 2.67. The second kappa shape index (κ2) is 7.78. The van der Waals surface area contributed by atoms with E-state index in [2.05, 4.69) is 4.90 Å². The number of carboxylic acid groups (broad SMARTS) is 1. The summed E-state index contributed by atoms with van der Waals surface area (Å²) in [7, 11) is 0. The van der Waals surface area contributed by atoms with E-state index in [-0.39, 0.29) is 11.9 Å². The number of nitrogens with zero attached hydrogens (tertiary/aromatic N) is 2. The van der Waals surface area contributed by atoms with E-state index in [1.807, 2.05) is 32.6 Å². The Morgan fingerprint density at radius 1 is 1.19 bits per heavy atom. The van der Waals surface area contributed by atoms with Crippen LogP contribution in [-0.2, 0) is 9.59 Å². The zero-order valence-corrected chi connectivity index (χ0v) is 13.9. The van der Waals surface area contributed by atoms with Crippen LogP contribution in [0.15, 0.2) is 0 Å². The van der Waals surface area contributed by atoms with E-state index in [1.165, 1.54) is 0 Å². The number of carboxylic acids is 1. The van der Waals surface area contributed by atoms with Crippen molar-refractivity contribution in [2.75, 3.05) is 26.2 Å². The average Bonchev–Trinajstić information content (AvgIpc) is 2.48. The number of aliphatic carboxylic acids is 1. The van der Waals surface area contributed by atoms with Crippen LogP contribution >= 0.6 is 0 Å². The molecule has 1 aliphatic rings. The van der Waals surface area contributed by atoms with Gasteiger partial charge in [0.15, 0.2) is 0 Å². The molecule has 1 atom stereocenters. The van der Waals surface area contributed by atoms with E-state index in [1.54, 1.807) is 0 Å². The molecule has 1 amide bonds. The van der Waals surface area contributed by atoms with Gasteiger partial charge in [0.2, 0.25) is 5.91 Å². The van der Waals surface area contributed by atoms with Crippen LogP contribution in [0, 0.1) is 5.41 Å². The molecule has 1 unspecified atom stereocenters. The largest absolute Gasteiger partial charge is 0.481 e. The minimum atomic E-state index is -0.674. The summed E-state index contributed by atoms with van der Waals surface area (Å²) in [5, 5.41) is 9.52. The van der Waals surface area contributed by atoms with E-state index in [9.17, 15) is 14.7 Å². The van der Waals surface area contributed by atoms with Crippen molar-refractivity contribution in [2.24, 2.45) is 5.41 Å². The number of carbonyl (C=O) groups excluding carboxylic acids is 1. The highest BCUT2D eigenvalue weighted by Crippen LogP contribution is 2.37. The Bertz CT molecular complexity index is 359. The van der Waals surface area contributed by atoms with Gasteiger partial charge in [-0.2, -0.15) is 0 Å². The van der Waals surface area contributed by atoms with Gasteiger partial charge in [0.25, 0.3) is 0 Å². The number of hydrogen-bond donors (Lipinski definition) is 1. The zero-order valence-electron chi connectivity index (χ0n) is 13.9. The molecule has 122 valence electrons. The lowest BCUT2D eigenvalue weighted by molar-refractivity contribution is -0.153. The molecular weight excluding hydrogens is 268 g/mol. The molecule has 0 saturated carbocycles. The molecule has 1 saturated heterocycles. The van der Waals surface area contributed by atoms with Gasteiger partial charge in [-0.05, 0) is 40.0 Å². The van der Waals surface area contributed by atoms with Crippen molar-refractivity contribution in [3.63, 3.8) is 0 Å². The van der Waals surface area contributed by atoms with Gasteiger partial charge in [-0.25, -0.2) is 0 Å². The highest BCUT2D eigenvalue weighted by molar-refractivity contribution is 5.81. The molecule has 21 heavy (non-hydrogen) atoms. The number of hydrogen-bond acceptors (Lipinski definition) is 3. The maximum atomic E-state index is 12.4. The maximum Gasteiger partial charge on any atom is 0.309 e. The van der Waals surface area contributed by atoms with Gasteiger partial charge in [0, 0.05) is 26.2 Å². The Kier molecular flexibility index (Phi) is 6.65. The number of piperidine rings is 1. The third-order valence-electron chi connectivity index (χ3n) is 4.92. The molecule has 0 aromatic heterocycles. The molecule has 0 radical (unpaired) electrons. The SMILES string of the molecule is CCCC1(C(=O)O)CCN(C(C)C(=O)N(CC)CC)CC1. The van der Waals surface area contributed by atoms with Crippen molar-refractivity contribution < 1.29 is 14.7 Å². The van der Waals surface area contributed by atoms with Crippen LogP contribution in [0.1, 0.15) is 53.4 Å². The Hall–Kier alpha value is -1.10. The first-order valence-electron chi connectivity index (χ1n) is 8.18. The molecule has 1 aliphatic heterocycles. The third-order valence-corrected chi connectivity index (χ3v) is 4.92. The first kappa shape index (κ1) is 18.0. The van der Waals surface area contributed by atoms with Crippen LogP contribution in [0.3, 0.4) is 0 Å². The summed E-state index contributed by atoms with van der Waals surface area (Å²) in [6.07, 6.45) is 2.91. The van der Waals surface area contributed by atoms with Gasteiger partial charge in [-0.1, -0.05) is 13.3 Å². The summed E-state index contributed by atoms with van der Waals surface area (Å²) in [5.74, 6) is -0.523. The van der Waals surface area contributed by atoms with Crippen molar-refractivity contribution in [1.29, 1.82) is 0 Å². The molecule has 5 heteroatoms. The number of carbonyl (C=O) groups is 2. The number of likely N-dealkylation sites (N-methyl/N-ethyl adjacent to an activating group) is 1. The fraction of sp³-hybridized carbons (Fsp3) is 0.875. The monoisotopic (exact) mass is 298 g/mol. The van der Waals surface area contributed by atoms with Crippen molar-refractivity contribution in [1.82, 2.24) is 9.80 Å². The van der Waals surface area contributed by atoms with Crippen molar-refractivity contribution >= 4 is 11.9 Å². The highest BCUT2D eigenvalue weighted by atomic mass is 16.4. The summed E-state index contributed by atoms with van der Waals surface area (Å²) in [6.45, 7) is 10.8. The topological polar surface area (TPSA) is 60.9 Å². The Morgan fingerprint density at radius 2 is 1.71 bits per heavy atom. The minimum absolute atomic E-state index is 0.151. The number of amides is 1. The van der Waals surface area contributed by atoms with Crippen LogP contribution in [0.5, 0.6) is 0 Å². The molecule has 1 fully saturated rings. The van der Waals surface area contributed by atoms with Crippen LogP contribution in [0.2, 0.25) is 0 Å². The summed E-state index contributed by atoms with van der Waals surface area (Å²) >= 11 is 0. The molecule has 0 bridgehead atoms. The lowest BCUT2D eigenvalue weighted by atomic mass is 9.75. The second-order valence-electron chi connectivity index (χ2n) is 6.06. The smallest absolute Gasteiger partial charge is 0.309 e. The highest BCUT2D eigenvalue weighted by Gasteiger charge is 2.42. The normalized spacial score (nSPS) is 20.0. The molecule has 5 nitrogen and oxygen atoms in total. The van der Waals surface area contributed by atoms with Crippen LogP contribution in [0.4, 0.5) is 0 Å². The van der Waals surface area contributed by atoms with Gasteiger partial charge >= 0.3 is 5.97 Å². The van der Waals surface area contributed by atoms with Gasteiger partial charge in [0.05, 0.1) is 11.5 Å². The lowest BCUT2D eigenvalue weighted by Crippen LogP contribution is -2.52. The van der Waals surface area contributed by atoms with Crippen molar-refractivity contribution in [2.45, 2.75) is 59.4 Å². The minimum Gasteiger partial charge on any atom is -0.481 e. The fourth-order valence-electron chi connectivity index (χ4n) is 3.34. The molecule has 0 aromatic carbocycles. The quantitative estimate of drug-likeness (QED) is 0.783. The van der Waals surface area contributed by atoms with Crippen molar-refractivity contribution in [3.8, 4) is 0 Å². The summed E-state index contributed by atoms with van der Waals surface area (Å²) in [4.78, 5) is 28.0. The predicted octanol–water partition coefficient (Wildman–Crippen LogP) is 2.21. The molecule has 0 aliphatic carbocycles. The summed E-state index contributed by atoms with van der Waals surface area (Å²) in [6, 6.07) is -0.154. The molecular formula is C16H30N2O3. The number of rotatable bonds is 7. The zero-order chi connectivity index (χ0) is 16.0. The maximum absolute atomic E-state index is 12.4. The number of likely N-dealkylation sites (tertiary alicyclic amines) is 1. The third kappa shape index (κ3) is 3.96. The Labute approximate surface area is 128 Å². The van der Waals surface area contributed by atoms with E-state index in [0.29, 0.717) is 25.9 Å². The molecule has 0 aromatic rings. The fourth-order valence-corrected chi connectivity index (χ4v) is 3.34. The van der Waals surface area contributed by atoms with Gasteiger partial charge < -0.3 is 10.0 Å². The van der Waals surface area contributed by atoms with Crippen LogP contribution in [-0.4, -0.2) is 59.0 Å². The predicted molar refractivity (Wildman–Crippen MR) is 83.2 cm³/mol. The van der Waals surface area contributed by atoms with Gasteiger partial charge in [0.1, 0.15) is 0 Å². The average molecular weight is 298 g/mol. The molecule has 0 spiro atoms. The summed E-state index contributed by atoms with van der Waals surface area (Å²) in [5.41, 5.74) is -0.580. The summed E-state index contributed by atoms with van der Waals surface area (Å²) < 4.78 is 0. The van der Waals surface area contributed by atoms with E-state index in [0.717, 1.165) is 25.9 Å². The molecule has 1 N–H and O–H groups in total. The first-order valence-corrected chi connectivity index (χ1v) is 8.18. The van der Waals surface area contributed by atoms with Crippen LogP contribution < -0.4 is 0 Å².